The number of rotatable bonds is 5. The number of amides is 2. The van der Waals surface area contributed by atoms with Gasteiger partial charge in [0.2, 0.25) is 5.91 Å². The number of fused-ring (bicyclic) bond motifs is 1. The van der Waals surface area contributed by atoms with Crippen molar-refractivity contribution in [2.75, 3.05) is 16.8 Å². The lowest BCUT2D eigenvalue weighted by Gasteiger charge is -2.32. The number of non-ortho nitro benzene ring substituents is 1. The van der Waals surface area contributed by atoms with Crippen LogP contribution in [0.4, 0.5) is 17.1 Å². The number of nitrogens with one attached hydrogen (secondary N) is 1. The van der Waals surface area contributed by atoms with Crippen LogP contribution in [0.3, 0.4) is 0 Å². The first kappa shape index (κ1) is 21.4. The van der Waals surface area contributed by atoms with Gasteiger partial charge < -0.3 is 10.1 Å². The van der Waals surface area contributed by atoms with Gasteiger partial charge >= 0.3 is 0 Å². The zero-order chi connectivity index (χ0) is 23.0. The quantitative estimate of drug-likeness (QED) is 0.461. The predicted octanol–water partition coefficient (Wildman–Crippen LogP) is 4.09. The molecule has 1 aliphatic rings. The van der Waals surface area contributed by atoms with Crippen LogP contribution in [-0.2, 0) is 9.59 Å². The van der Waals surface area contributed by atoms with E-state index in [9.17, 15) is 19.7 Å². The van der Waals surface area contributed by atoms with E-state index in [1.807, 2.05) is 19.9 Å². The monoisotopic (exact) mass is 452 g/mol. The number of nitro groups is 1. The van der Waals surface area contributed by atoms with E-state index < -0.39 is 16.9 Å². The molecule has 10 heteroatoms. The van der Waals surface area contributed by atoms with Crippen molar-refractivity contribution in [3.8, 4) is 17.0 Å². The average molecular weight is 452 g/mol. The molecule has 0 bridgehead atoms. The summed E-state index contributed by atoms with van der Waals surface area (Å²) in [5.41, 5.74) is 2.26. The zero-order valence-electron chi connectivity index (χ0n) is 17.6. The van der Waals surface area contributed by atoms with Crippen LogP contribution in [0, 0.1) is 24.0 Å². The maximum atomic E-state index is 12.9. The minimum Gasteiger partial charge on any atom is -0.479 e. The molecule has 0 saturated carbocycles. The number of carbonyl (C=O) groups is 2. The van der Waals surface area contributed by atoms with Gasteiger partial charge in [-0.1, -0.05) is 6.07 Å². The molecule has 3 aromatic rings. The van der Waals surface area contributed by atoms with Crippen LogP contribution in [0.15, 0.2) is 42.5 Å². The van der Waals surface area contributed by atoms with Gasteiger partial charge in [0.05, 0.1) is 21.3 Å². The Labute approximate surface area is 187 Å². The number of anilines is 2. The number of aromatic nitrogens is 1. The van der Waals surface area contributed by atoms with E-state index >= 15 is 0 Å². The molecule has 0 aliphatic carbocycles. The molecule has 32 heavy (non-hydrogen) atoms. The fraction of sp³-hybridized carbons (Fsp3) is 0.227. The van der Waals surface area contributed by atoms with Gasteiger partial charge in [-0.25, -0.2) is 4.98 Å². The summed E-state index contributed by atoms with van der Waals surface area (Å²) in [5, 5.41) is 14.5. The van der Waals surface area contributed by atoms with Gasteiger partial charge in [-0.15, -0.1) is 11.3 Å². The van der Waals surface area contributed by atoms with Crippen LogP contribution in [0.2, 0.25) is 0 Å². The Morgan fingerprint density at radius 2 is 2.06 bits per heavy atom. The SMILES string of the molecule is Cc1nc(-c2ccc3c(c2)N(CC(=O)Nc2cccc([N+](=O)[O-])c2)C(=O)C(C)O3)c(C)s1. The largest absolute Gasteiger partial charge is 0.479 e. The summed E-state index contributed by atoms with van der Waals surface area (Å²) in [5.74, 6) is -0.339. The normalized spacial score (nSPS) is 15.2. The van der Waals surface area contributed by atoms with Gasteiger partial charge in [-0.3, -0.25) is 24.6 Å². The van der Waals surface area contributed by atoms with E-state index in [0.717, 1.165) is 21.1 Å². The van der Waals surface area contributed by atoms with Crippen LogP contribution in [0.1, 0.15) is 16.8 Å². The Balaban J connectivity index is 1.62. The highest BCUT2D eigenvalue weighted by Crippen LogP contribution is 2.38. The van der Waals surface area contributed by atoms with Crippen LogP contribution >= 0.6 is 11.3 Å². The highest BCUT2D eigenvalue weighted by Gasteiger charge is 2.33. The molecule has 1 unspecified atom stereocenters. The highest BCUT2D eigenvalue weighted by atomic mass is 32.1. The predicted molar refractivity (Wildman–Crippen MR) is 121 cm³/mol. The lowest BCUT2D eigenvalue weighted by atomic mass is 10.1. The first-order valence-corrected chi connectivity index (χ1v) is 10.7. The second kappa shape index (κ2) is 8.39. The summed E-state index contributed by atoms with van der Waals surface area (Å²) in [7, 11) is 0. The Morgan fingerprint density at radius 1 is 1.28 bits per heavy atom. The second-order valence-electron chi connectivity index (χ2n) is 7.36. The molecule has 164 valence electrons. The van der Waals surface area contributed by atoms with Gasteiger partial charge in [0, 0.05) is 28.3 Å². The Kier molecular flexibility index (Phi) is 5.62. The smallest absolute Gasteiger partial charge is 0.271 e. The second-order valence-corrected chi connectivity index (χ2v) is 8.77. The average Bonchev–Trinajstić information content (AvgIpc) is 3.09. The van der Waals surface area contributed by atoms with Crippen molar-refractivity contribution in [1.82, 2.24) is 4.98 Å². The number of hydrogen-bond donors (Lipinski definition) is 1. The topological polar surface area (TPSA) is 115 Å². The van der Waals surface area contributed by atoms with E-state index in [2.05, 4.69) is 10.3 Å². The molecule has 0 radical (unpaired) electrons. The third-order valence-electron chi connectivity index (χ3n) is 4.99. The molecule has 1 aliphatic heterocycles. The van der Waals surface area contributed by atoms with E-state index in [1.54, 1.807) is 36.5 Å². The van der Waals surface area contributed by atoms with Crippen molar-refractivity contribution in [1.29, 1.82) is 0 Å². The molecule has 2 amide bonds. The van der Waals surface area contributed by atoms with Gasteiger partial charge in [-0.2, -0.15) is 0 Å². The van der Waals surface area contributed by atoms with Crippen molar-refractivity contribution in [2.24, 2.45) is 0 Å². The minimum atomic E-state index is -0.748. The van der Waals surface area contributed by atoms with E-state index in [0.29, 0.717) is 11.4 Å². The third-order valence-corrected chi connectivity index (χ3v) is 5.87. The van der Waals surface area contributed by atoms with Crippen molar-refractivity contribution in [3.05, 3.63) is 62.5 Å². The third kappa shape index (κ3) is 4.17. The van der Waals surface area contributed by atoms with Crippen molar-refractivity contribution in [2.45, 2.75) is 26.9 Å². The minimum absolute atomic E-state index is 0.136. The van der Waals surface area contributed by atoms with E-state index in [1.165, 1.54) is 23.1 Å². The van der Waals surface area contributed by atoms with Gasteiger partial charge in [0.1, 0.15) is 12.3 Å². The van der Waals surface area contributed by atoms with E-state index in [-0.39, 0.29) is 23.8 Å². The maximum Gasteiger partial charge on any atom is 0.271 e. The first-order valence-electron chi connectivity index (χ1n) is 9.83. The van der Waals surface area contributed by atoms with Crippen LogP contribution in [0.5, 0.6) is 5.75 Å². The summed E-state index contributed by atoms with van der Waals surface area (Å²) in [6.45, 7) is 5.27. The van der Waals surface area contributed by atoms with Gasteiger partial charge in [0.25, 0.3) is 11.6 Å². The molecule has 1 N–H and O–H groups in total. The number of ether oxygens (including phenoxy) is 1. The molecule has 0 spiro atoms. The van der Waals surface area contributed by atoms with Crippen LogP contribution < -0.4 is 15.0 Å². The molecule has 2 aromatic carbocycles. The van der Waals surface area contributed by atoms with Gasteiger partial charge in [-0.05, 0) is 45.0 Å². The number of nitrogens with zero attached hydrogens (tertiary/aromatic N) is 3. The number of aryl methyl sites for hydroxylation is 2. The van der Waals surface area contributed by atoms with Crippen molar-refractivity contribution < 1.29 is 19.2 Å². The summed E-state index contributed by atoms with van der Waals surface area (Å²) in [6.07, 6.45) is -0.748. The Bertz CT molecular complexity index is 1240. The zero-order valence-corrected chi connectivity index (χ0v) is 18.4. The molecule has 1 aromatic heterocycles. The number of hydrogen-bond acceptors (Lipinski definition) is 7. The fourth-order valence-electron chi connectivity index (χ4n) is 3.56. The van der Waals surface area contributed by atoms with E-state index in [4.69, 9.17) is 4.74 Å². The summed E-state index contributed by atoms with van der Waals surface area (Å²) in [4.78, 5) is 43.0. The summed E-state index contributed by atoms with van der Waals surface area (Å²) in [6, 6.07) is 11.1. The highest BCUT2D eigenvalue weighted by molar-refractivity contribution is 7.11. The number of carbonyl (C=O) groups excluding carboxylic acids is 2. The first-order chi connectivity index (χ1) is 15.2. The Hall–Kier alpha value is -3.79. The number of benzene rings is 2. The summed E-state index contributed by atoms with van der Waals surface area (Å²) < 4.78 is 5.73. The van der Waals surface area contributed by atoms with Crippen molar-refractivity contribution >= 4 is 40.2 Å². The van der Waals surface area contributed by atoms with Gasteiger partial charge in [0.15, 0.2) is 6.10 Å². The molecule has 4 rings (SSSR count). The number of thiazole rings is 1. The molecule has 2 heterocycles. The molecule has 9 nitrogen and oxygen atoms in total. The van der Waals surface area contributed by atoms with Crippen LogP contribution in [0.25, 0.3) is 11.3 Å². The van der Waals surface area contributed by atoms with Crippen molar-refractivity contribution in [3.63, 3.8) is 0 Å². The molecule has 0 fully saturated rings. The van der Waals surface area contributed by atoms with Crippen LogP contribution in [-0.4, -0.2) is 34.4 Å². The molecule has 1 atom stereocenters. The molecule has 0 saturated heterocycles. The molecular weight excluding hydrogens is 432 g/mol. The maximum absolute atomic E-state index is 12.9. The standard InChI is InChI=1S/C22H20N4O5S/c1-12-22(28)25(11-20(27)24-16-5-4-6-17(10-16)26(29)30)18-9-15(7-8-19(18)31-12)21-13(2)32-14(3)23-21/h4-10,12H,11H2,1-3H3,(H,24,27). The lowest BCUT2D eigenvalue weighted by molar-refractivity contribution is -0.384. The lowest BCUT2D eigenvalue weighted by Crippen LogP contribution is -2.47. The fourth-order valence-corrected chi connectivity index (χ4v) is 4.40. The summed E-state index contributed by atoms with van der Waals surface area (Å²) >= 11 is 1.58. The molecular formula is C22H20N4O5S. The number of nitro benzene ring substituents is 1. The Morgan fingerprint density at radius 3 is 2.75 bits per heavy atom.